The molecule has 0 saturated heterocycles. The van der Waals surface area contributed by atoms with Gasteiger partial charge in [0.25, 0.3) is 0 Å². The second-order valence-corrected chi connectivity index (χ2v) is 5.44. The number of rotatable bonds is 1. The molecule has 2 aromatic carbocycles. The zero-order valence-electron chi connectivity index (χ0n) is 11.3. The third-order valence-electron chi connectivity index (χ3n) is 3.62. The maximum absolute atomic E-state index is 6.20. The fraction of sp³-hybridized carbons (Fsp3) is 0.0588. The normalized spacial score (nSPS) is 11.3. The van der Waals surface area contributed by atoms with Crippen molar-refractivity contribution in [3.63, 3.8) is 0 Å². The first-order valence-electron chi connectivity index (χ1n) is 6.61. The van der Waals surface area contributed by atoms with E-state index in [4.69, 9.17) is 16.0 Å². The lowest BCUT2D eigenvalue weighted by Gasteiger charge is -2.06. The lowest BCUT2D eigenvalue weighted by atomic mass is 10.0. The van der Waals surface area contributed by atoms with Crippen LogP contribution in [0, 0.1) is 6.92 Å². The number of aryl methyl sites for hydroxylation is 1. The highest BCUT2D eigenvalue weighted by molar-refractivity contribution is 6.31. The van der Waals surface area contributed by atoms with Crippen LogP contribution in [0.4, 0.5) is 0 Å². The van der Waals surface area contributed by atoms with Crippen LogP contribution in [0.2, 0.25) is 5.02 Å². The Bertz CT molecular complexity index is 975. The summed E-state index contributed by atoms with van der Waals surface area (Å²) in [6, 6.07) is 9.87. The van der Waals surface area contributed by atoms with Crippen molar-refractivity contribution in [3.8, 4) is 11.1 Å². The number of fused-ring (bicyclic) bond motifs is 2. The monoisotopic (exact) mass is 294 g/mol. The van der Waals surface area contributed by atoms with E-state index in [1.165, 1.54) is 0 Å². The summed E-state index contributed by atoms with van der Waals surface area (Å²) in [6.07, 6.45) is 5.13. The first-order chi connectivity index (χ1) is 10.2. The van der Waals surface area contributed by atoms with Crippen LogP contribution < -0.4 is 0 Å². The second kappa shape index (κ2) is 4.57. The van der Waals surface area contributed by atoms with Crippen LogP contribution in [0.3, 0.4) is 0 Å². The largest absolute Gasteiger partial charge is 0.464 e. The van der Waals surface area contributed by atoms with Gasteiger partial charge in [0, 0.05) is 28.4 Å². The molecule has 2 aromatic heterocycles. The Kier molecular flexibility index (Phi) is 2.69. The SMILES string of the molecule is Cc1coc2cc(-c3cc(Cl)cc4nccnc34)ccc12. The molecule has 0 fully saturated rings. The molecule has 2 heterocycles. The number of furan rings is 1. The van der Waals surface area contributed by atoms with Crippen molar-refractivity contribution in [2.24, 2.45) is 0 Å². The summed E-state index contributed by atoms with van der Waals surface area (Å²) >= 11 is 6.20. The molecule has 0 aliphatic rings. The zero-order chi connectivity index (χ0) is 14.4. The molecule has 3 nitrogen and oxygen atoms in total. The standard InChI is InChI=1S/C17H11ClN2O/c1-10-9-21-16-6-11(2-3-13(10)16)14-7-12(18)8-15-17(14)20-5-4-19-15/h2-9H,1H3. The Balaban J connectivity index is 2.03. The van der Waals surface area contributed by atoms with Gasteiger partial charge in [-0.3, -0.25) is 9.97 Å². The van der Waals surface area contributed by atoms with Gasteiger partial charge in [0.05, 0.1) is 17.3 Å². The molecule has 0 radical (unpaired) electrons. The van der Waals surface area contributed by atoms with Gasteiger partial charge in [0.15, 0.2) is 0 Å². The molecule has 0 atom stereocenters. The number of halogens is 1. The summed E-state index contributed by atoms with van der Waals surface area (Å²) in [5, 5.41) is 1.77. The molecular weight excluding hydrogens is 284 g/mol. The minimum absolute atomic E-state index is 0.647. The minimum atomic E-state index is 0.647. The molecule has 0 bridgehead atoms. The Morgan fingerprint density at radius 2 is 1.90 bits per heavy atom. The molecule has 0 aliphatic heterocycles. The fourth-order valence-electron chi connectivity index (χ4n) is 2.59. The highest BCUT2D eigenvalue weighted by Crippen LogP contribution is 2.32. The Hall–Kier alpha value is -2.39. The van der Waals surface area contributed by atoms with E-state index in [1.807, 2.05) is 25.1 Å². The van der Waals surface area contributed by atoms with Crippen molar-refractivity contribution in [3.05, 3.63) is 59.6 Å². The average Bonchev–Trinajstić information content (AvgIpc) is 2.87. The van der Waals surface area contributed by atoms with E-state index in [2.05, 4.69) is 22.1 Å². The van der Waals surface area contributed by atoms with Crippen molar-refractivity contribution in [1.82, 2.24) is 9.97 Å². The van der Waals surface area contributed by atoms with Crippen LogP contribution in [0.1, 0.15) is 5.56 Å². The first-order valence-corrected chi connectivity index (χ1v) is 6.99. The molecule has 0 unspecified atom stereocenters. The summed E-state index contributed by atoms with van der Waals surface area (Å²) in [6.45, 7) is 2.03. The molecule has 0 aliphatic carbocycles. The third kappa shape index (κ3) is 1.98. The molecular formula is C17H11ClN2O. The van der Waals surface area contributed by atoms with Gasteiger partial charge in [-0.2, -0.15) is 0 Å². The van der Waals surface area contributed by atoms with Crippen LogP contribution >= 0.6 is 11.6 Å². The van der Waals surface area contributed by atoms with Gasteiger partial charge in [-0.25, -0.2) is 0 Å². The molecule has 4 aromatic rings. The topological polar surface area (TPSA) is 38.9 Å². The van der Waals surface area contributed by atoms with Crippen molar-refractivity contribution in [2.75, 3.05) is 0 Å². The van der Waals surface area contributed by atoms with Gasteiger partial charge in [-0.15, -0.1) is 0 Å². The van der Waals surface area contributed by atoms with E-state index in [9.17, 15) is 0 Å². The van der Waals surface area contributed by atoms with E-state index in [0.29, 0.717) is 5.02 Å². The van der Waals surface area contributed by atoms with Crippen molar-refractivity contribution < 1.29 is 4.42 Å². The van der Waals surface area contributed by atoms with E-state index in [-0.39, 0.29) is 0 Å². The van der Waals surface area contributed by atoms with Gasteiger partial charge in [-0.05, 0) is 36.2 Å². The summed E-state index contributed by atoms with van der Waals surface area (Å²) in [7, 11) is 0. The number of hydrogen-bond donors (Lipinski definition) is 0. The van der Waals surface area contributed by atoms with Crippen LogP contribution in [0.15, 0.2) is 53.4 Å². The highest BCUT2D eigenvalue weighted by Gasteiger charge is 2.10. The zero-order valence-corrected chi connectivity index (χ0v) is 12.1. The van der Waals surface area contributed by atoms with Crippen molar-refractivity contribution in [1.29, 1.82) is 0 Å². The summed E-state index contributed by atoms with van der Waals surface area (Å²) < 4.78 is 5.58. The molecule has 102 valence electrons. The highest BCUT2D eigenvalue weighted by atomic mass is 35.5. The minimum Gasteiger partial charge on any atom is -0.464 e. The molecule has 4 rings (SSSR count). The molecule has 21 heavy (non-hydrogen) atoms. The molecule has 0 saturated carbocycles. The maximum atomic E-state index is 6.20. The lowest BCUT2D eigenvalue weighted by molar-refractivity contribution is 0.613. The second-order valence-electron chi connectivity index (χ2n) is 5.01. The van der Waals surface area contributed by atoms with E-state index < -0.39 is 0 Å². The number of hydrogen-bond acceptors (Lipinski definition) is 3. The van der Waals surface area contributed by atoms with E-state index in [0.717, 1.165) is 38.7 Å². The number of aromatic nitrogens is 2. The van der Waals surface area contributed by atoms with E-state index >= 15 is 0 Å². The Morgan fingerprint density at radius 3 is 2.81 bits per heavy atom. The summed E-state index contributed by atoms with van der Waals surface area (Å²) in [5.74, 6) is 0. The first kappa shape index (κ1) is 12.4. The smallest absolute Gasteiger partial charge is 0.134 e. The van der Waals surface area contributed by atoms with Crippen molar-refractivity contribution >= 4 is 33.6 Å². The van der Waals surface area contributed by atoms with E-state index in [1.54, 1.807) is 18.7 Å². The third-order valence-corrected chi connectivity index (χ3v) is 3.84. The maximum Gasteiger partial charge on any atom is 0.134 e. The molecule has 0 amide bonds. The van der Waals surface area contributed by atoms with Gasteiger partial charge >= 0.3 is 0 Å². The van der Waals surface area contributed by atoms with Gasteiger partial charge < -0.3 is 4.42 Å². The number of nitrogens with zero attached hydrogens (tertiary/aromatic N) is 2. The molecule has 4 heteroatoms. The average molecular weight is 295 g/mol. The van der Waals surface area contributed by atoms with Crippen LogP contribution in [-0.4, -0.2) is 9.97 Å². The number of benzene rings is 2. The van der Waals surface area contributed by atoms with Crippen LogP contribution in [0.5, 0.6) is 0 Å². The Morgan fingerprint density at radius 1 is 1.05 bits per heavy atom. The molecule has 0 N–H and O–H groups in total. The quantitative estimate of drug-likeness (QED) is 0.495. The van der Waals surface area contributed by atoms with Gasteiger partial charge in [0.1, 0.15) is 5.58 Å². The predicted octanol–water partition coefficient (Wildman–Crippen LogP) is 5.00. The lowest BCUT2D eigenvalue weighted by Crippen LogP contribution is -1.87. The van der Waals surface area contributed by atoms with Gasteiger partial charge in [-0.1, -0.05) is 23.7 Å². The Labute approximate surface area is 126 Å². The predicted molar refractivity (Wildman–Crippen MR) is 84.5 cm³/mol. The van der Waals surface area contributed by atoms with Crippen LogP contribution in [0.25, 0.3) is 33.1 Å². The van der Waals surface area contributed by atoms with Gasteiger partial charge in [0.2, 0.25) is 0 Å². The summed E-state index contributed by atoms with van der Waals surface area (Å²) in [4.78, 5) is 8.76. The molecule has 0 spiro atoms. The van der Waals surface area contributed by atoms with Crippen molar-refractivity contribution in [2.45, 2.75) is 6.92 Å². The summed E-state index contributed by atoms with van der Waals surface area (Å²) in [5.41, 5.74) is 5.60. The van der Waals surface area contributed by atoms with Crippen LogP contribution in [-0.2, 0) is 0 Å². The fourth-order valence-corrected chi connectivity index (χ4v) is 2.80.